The summed E-state index contributed by atoms with van der Waals surface area (Å²) < 4.78 is 10.7. The number of hydrogen-bond acceptors (Lipinski definition) is 7. The number of carbonyl (C=O) groups excluding carboxylic acids is 1. The highest BCUT2D eigenvalue weighted by molar-refractivity contribution is 7.14. The summed E-state index contributed by atoms with van der Waals surface area (Å²) in [5.74, 6) is 0.436. The van der Waals surface area contributed by atoms with Crippen LogP contribution in [0, 0.1) is 6.92 Å². The van der Waals surface area contributed by atoms with Gasteiger partial charge in [0.15, 0.2) is 5.13 Å². The minimum absolute atomic E-state index is 0.143. The minimum Gasteiger partial charge on any atom is -0.496 e. The Labute approximate surface area is 176 Å². The van der Waals surface area contributed by atoms with Crippen molar-refractivity contribution < 1.29 is 13.9 Å². The lowest BCUT2D eigenvalue weighted by Crippen LogP contribution is -2.12. The van der Waals surface area contributed by atoms with E-state index in [4.69, 9.17) is 9.15 Å². The van der Waals surface area contributed by atoms with Gasteiger partial charge in [0.05, 0.1) is 12.8 Å². The summed E-state index contributed by atoms with van der Waals surface area (Å²) in [6.45, 7) is 1.85. The molecule has 1 amide bonds. The Morgan fingerprint density at radius 1 is 1.23 bits per heavy atom. The summed E-state index contributed by atoms with van der Waals surface area (Å²) >= 11 is 1.36. The Morgan fingerprint density at radius 2 is 2.10 bits per heavy atom. The standard InChI is InChI=1S/C22H19N3O4S/c1-13-9-21(27)29-19-11-18(28-2)14(10-15(13)19)6-7-20(26)25-22-24-17(12-30-22)16-5-3-4-8-23-16/h3-5,8-12H,6-7H2,1-2H3,(H,24,25,26). The van der Waals surface area contributed by atoms with Crippen LogP contribution in [-0.2, 0) is 11.2 Å². The summed E-state index contributed by atoms with van der Waals surface area (Å²) in [5, 5.41) is 6.05. The Hall–Kier alpha value is -3.52. The van der Waals surface area contributed by atoms with Crippen LogP contribution >= 0.6 is 11.3 Å². The molecule has 30 heavy (non-hydrogen) atoms. The van der Waals surface area contributed by atoms with Gasteiger partial charge in [0, 0.05) is 35.5 Å². The summed E-state index contributed by atoms with van der Waals surface area (Å²) in [7, 11) is 1.55. The predicted octanol–water partition coefficient (Wildman–Crippen LogP) is 4.20. The molecule has 0 aliphatic carbocycles. The molecule has 0 saturated heterocycles. The van der Waals surface area contributed by atoms with Crippen molar-refractivity contribution in [3.63, 3.8) is 0 Å². The molecule has 0 atom stereocenters. The molecule has 3 aromatic heterocycles. The lowest BCUT2D eigenvalue weighted by molar-refractivity contribution is -0.116. The number of carbonyl (C=O) groups is 1. The maximum absolute atomic E-state index is 12.4. The number of rotatable bonds is 6. The third kappa shape index (κ3) is 4.23. The van der Waals surface area contributed by atoms with Crippen LogP contribution < -0.4 is 15.7 Å². The number of thiazole rings is 1. The smallest absolute Gasteiger partial charge is 0.336 e. The van der Waals surface area contributed by atoms with Crippen LogP contribution in [-0.4, -0.2) is 23.0 Å². The van der Waals surface area contributed by atoms with E-state index in [0.29, 0.717) is 22.9 Å². The van der Waals surface area contributed by atoms with Crippen molar-refractivity contribution in [3.05, 3.63) is 69.5 Å². The molecule has 4 aromatic rings. The van der Waals surface area contributed by atoms with Crippen molar-refractivity contribution >= 4 is 33.3 Å². The van der Waals surface area contributed by atoms with Gasteiger partial charge in [-0.25, -0.2) is 9.78 Å². The van der Waals surface area contributed by atoms with Gasteiger partial charge in [-0.3, -0.25) is 9.78 Å². The number of anilines is 1. The van der Waals surface area contributed by atoms with Crippen molar-refractivity contribution in [2.45, 2.75) is 19.8 Å². The van der Waals surface area contributed by atoms with Crippen molar-refractivity contribution in [3.8, 4) is 17.1 Å². The van der Waals surface area contributed by atoms with E-state index in [-0.39, 0.29) is 12.3 Å². The Morgan fingerprint density at radius 3 is 2.87 bits per heavy atom. The lowest BCUT2D eigenvalue weighted by Gasteiger charge is -2.11. The van der Waals surface area contributed by atoms with E-state index in [9.17, 15) is 9.59 Å². The number of aromatic nitrogens is 2. The van der Waals surface area contributed by atoms with E-state index in [1.807, 2.05) is 36.6 Å². The third-order valence-electron chi connectivity index (χ3n) is 4.65. The molecule has 0 aliphatic rings. The fraction of sp³-hybridized carbons (Fsp3) is 0.182. The Kier molecular flexibility index (Phi) is 5.58. The normalized spacial score (nSPS) is 10.9. The number of benzene rings is 1. The monoisotopic (exact) mass is 421 g/mol. The number of ether oxygens (including phenoxy) is 1. The van der Waals surface area contributed by atoms with Crippen LogP contribution in [0.5, 0.6) is 5.75 Å². The molecular weight excluding hydrogens is 402 g/mol. The molecule has 0 saturated carbocycles. The summed E-state index contributed by atoms with van der Waals surface area (Å²) in [6, 6.07) is 10.7. The van der Waals surface area contributed by atoms with Gasteiger partial charge < -0.3 is 14.5 Å². The third-order valence-corrected chi connectivity index (χ3v) is 5.41. The number of amides is 1. The van der Waals surface area contributed by atoms with Crippen molar-refractivity contribution in [2.75, 3.05) is 12.4 Å². The average molecular weight is 421 g/mol. The number of hydrogen-bond donors (Lipinski definition) is 1. The van der Waals surface area contributed by atoms with Crippen LogP contribution in [0.1, 0.15) is 17.5 Å². The van der Waals surface area contributed by atoms with Gasteiger partial charge in [0.2, 0.25) is 5.91 Å². The fourth-order valence-corrected chi connectivity index (χ4v) is 3.89. The molecule has 1 aromatic carbocycles. The number of pyridine rings is 1. The second-order valence-electron chi connectivity index (χ2n) is 6.71. The molecule has 0 radical (unpaired) electrons. The molecular formula is C22H19N3O4S. The van der Waals surface area contributed by atoms with Gasteiger partial charge in [-0.15, -0.1) is 11.3 Å². The zero-order chi connectivity index (χ0) is 21.1. The predicted molar refractivity (Wildman–Crippen MR) is 116 cm³/mol. The molecule has 1 N–H and O–H groups in total. The summed E-state index contributed by atoms with van der Waals surface area (Å²) in [4.78, 5) is 32.7. The van der Waals surface area contributed by atoms with Crippen molar-refractivity contribution in [2.24, 2.45) is 0 Å². The zero-order valence-electron chi connectivity index (χ0n) is 16.5. The molecule has 3 heterocycles. The molecule has 0 unspecified atom stereocenters. The Balaban J connectivity index is 1.47. The van der Waals surface area contributed by atoms with Crippen molar-refractivity contribution in [1.82, 2.24) is 9.97 Å². The van der Waals surface area contributed by atoms with E-state index < -0.39 is 5.63 Å². The highest BCUT2D eigenvalue weighted by atomic mass is 32.1. The van der Waals surface area contributed by atoms with Crippen LogP contribution in [0.15, 0.2) is 57.2 Å². The first-order chi connectivity index (χ1) is 14.5. The lowest BCUT2D eigenvalue weighted by atomic mass is 10.0. The first-order valence-electron chi connectivity index (χ1n) is 9.31. The Bertz CT molecular complexity index is 1260. The molecule has 4 rings (SSSR count). The van der Waals surface area contributed by atoms with Crippen LogP contribution in [0.4, 0.5) is 5.13 Å². The van der Waals surface area contributed by atoms with E-state index in [1.54, 1.807) is 19.4 Å². The van der Waals surface area contributed by atoms with Crippen molar-refractivity contribution in [1.29, 1.82) is 0 Å². The van der Waals surface area contributed by atoms with Crippen LogP contribution in [0.25, 0.3) is 22.4 Å². The minimum atomic E-state index is -0.400. The number of nitrogens with one attached hydrogen (secondary N) is 1. The van der Waals surface area contributed by atoms with E-state index in [1.165, 1.54) is 17.4 Å². The number of methoxy groups -OCH3 is 1. The average Bonchev–Trinajstić information content (AvgIpc) is 3.20. The molecule has 8 heteroatoms. The second kappa shape index (κ2) is 8.46. The zero-order valence-corrected chi connectivity index (χ0v) is 17.3. The van der Waals surface area contributed by atoms with Gasteiger partial charge in [0.25, 0.3) is 0 Å². The molecule has 152 valence electrons. The topological polar surface area (TPSA) is 94.3 Å². The maximum Gasteiger partial charge on any atom is 0.336 e. The van der Waals surface area contributed by atoms with Gasteiger partial charge in [-0.1, -0.05) is 6.07 Å². The van der Waals surface area contributed by atoms with Gasteiger partial charge >= 0.3 is 5.63 Å². The number of nitrogens with zero attached hydrogens (tertiary/aromatic N) is 2. The van der Waals surface area contributed by atoms with Gasteiger partial charge in [-0.2, -0.15) is 0 Å². The second-order valence-corrected chi connectivity index (χ2v) is 7.57. The fourth-order valence-electron chi connectivity index (χ4n) is 3.17. The maximum atomic E-state index is 12.4. The first-order valence-corrected chi connectivity index (χ1v) is 10.2. The molecule has 0 aliphatic heterocycles. The van der Waals surface area contributed by atoms with E-state index >= 15 is 0 Å². The summed E-state index contributed by atoms with van der Waals surface area (Å²) in [5.41, 5.74) is 3.24. The van der Waals surface area contributed by atoms with Crippen LogP contribution in [0.3, 0.4) is 0 Å². The van der Waals surface area contributed by atoms with E-state index in [0.717, 1.165) is 27.9 Å². The first kappa shape index (κ1) is 19.8. The SMILES string of the molecule is COc1cc2oc(=O)cc(C)c2cc1CCC(=O)Nc1nc(-c2ccccn2)cs1. The highest BCUT2D eigenvalue weighted by Gasteiger charge is 2.13. The molecule has 7 nitrogen and oxygen atoms in total. The molecule has 0 bridgehead atoms. The quantitative estimate of drug-likeness (QED) is 0.469. The van der Waals surface area contributed by atoms with E-state index in [2.05, 4.69) is 15.3 Å². The molecule has 0 spiro atoms. The van der Waals surface area contributed by atoms with Gasteiger partial charge in [0.1, 0.15) is 17.0 Å². The molecule has 0 fully saturated rings. The largest absolute Gasteiger partial charge is 0.496 e. The van der Waals surface area contributed by atoms with Crippen LogP contribution in [0.2, 0.25) is 0 Å². The summed E-state index contributed by atoms with van der Waals surface area (Å²) in [6.07, 6.45) is 2.44. The van der Waals surface area contributed by atoms with Gasteiger partial charge in [-0.05, 0) is 42.7 Å². The highest BCUT2D eigenvalue weighted by Crippen LogP contribution is 2.28. The number of fused-ring (bicyclic) bond motifs is 1. The number of aryl methyl sites for hydroxylation is 2.